The molecule has 0 aromatic heterocycles. The van der Waals surface area contributed by atoms with E-state index in [9.17, 15) is 4.79 Å². The van der Waals surface area contributed by atoms with Gasteiger partial charge >= 0.3 is 0 Å². The average molecular weight is 511 g/mol. The van der Waals surface area contributed by atoms with E-state index in [0.717, 1.165) is 22.9 Å². The highest BCUT2D eigenvalue weighted by molar-refractivity contribution is 7.80. The Labute approximate surface area is 207 Å². The number of hydrogen-bond acceptors (Lipinski definition) is 3. The number of thiocarbonyl (C=S) groups is 1. The molecule has 0 fully saturated rings. The number of carbonyl (C=O) groups excluding carboxylic acids is 1. The molecule has 9 heteroatoms. The van der Waals surface area contributed by atoms with Gasteiger partial charge < -0.3 is 20.7 Å². The van der Waals surface area contributed by atoms with Gasteiger partial charge in [-0.25, -0.2) is 0 Å². The molecule has 0 saturated heterocycles. The molecule has 0 radical (unpaired) electrons. The third kappa shape index (κ3) is 6.87. The lowest BCUT2D eigenvalue weighted by Gasteiger charge is -2.28. The second kappa shape index (κ2) is 11.1. The summed E-state index contributed by atoms with van der Waals surface area (Å²) in [6.45, 7) is 1.82. The van der Waals surface area contributed by atoms with Crippen molar-refractivity contribution in [2.24, 2.45) is 0 Å². The van der Waals surface area contributed by atoms with Crippen molar-refractivity contribution in [1.29, 1.82) is 0 Å². The summed E-state index contributed by atoms with van der Waals surface area (Å²) in [4.78, 5) is 12.4. The number of alkyl halides is 3. The molecule has 1 amide bonds. The number of hydrogen-bond donors (Lipinski definition) is 3. The fraction of sp³-hybridized carbons (Fsp3) is 0.217. The molecule has 5 nitrogen and oxygen atoms in total. The second-order valence-electron chi connectivity index (χ2n) is 6.95. The lowest BCUT2D eigenvalue weighted by molar-refractivity contribution is -0.123. The van der Waals surface area contributed by atoms with Gasteiger partial charge in [-0.2, -0.15) is 0 Å². The quantitative estimate of drug-likeness (QED) is 0.220. The van der Waals surface area contributed by atoms with Crippen molar-refractivity contribution in [3.63, 3.8) is 0 Å². The SMILES string of the molecule is CCc1ccc(OCC(=O)NC(NC(=S)Nc2cccc3ccccc23)C(Cl)(Cl)Cl)cc1. The smallest absolute Gasteiger partial charge is 0.259 e. The number of aryl methyl sites for hydroxylation is 1. The van der Waals surface area contributed by atoms with Crippen LogP contribution in [0.4, 0.5) is 5.69 Å². The van der Waals surface area contributed by atoms with E-state index >= 15 is 0 Å². The zero-order chi connectivity index (χ0) is 23.1. The first-order chi connectivity index (χ1) is 15.3. The number of halogens is 3. The van der Waals surface area contributed by atoms with E-state index in [4.69, 9.17) is 51.8 Å². The van der Waals surface area contributed by atoms with Crippen molar-refractivity contribution < 1.29 is 9.53 Å². The maximum atomic E-state index is 12.4. The maximum Gasteiger partial charge on any atom is 0.259 e. The molecular formula is C23H22Cl3N3O2S. The second-order valence-corrected chi connectivity index (χ2v) is 9.73. The Bertz CT molecular complexity index is 1080. The van der Waals surface area contributed by atoms with E-state index in [0.29, 0.717) is 5.75 Å². The number of benzene rings is 3. The van der Waals surface area contributed by atoms with Crippen LogP contribution in [0.15, 0.2) is 66.7 Å². The molecule has 168 valence electrons. The molecule has 1 unspecified atom stereocenters. The summed E-state index contributed by atoms with van der Waals surface area (Å²) in [5, 5.41) is 10.8. The highest BCUT2D eigenvalue weighted by atomic mass is 35.6. The summed E-state index contributed by atoms with van der Waals surface area (Å²) in [7, 11) is 0. The van der Waals surface area contributed by atoms with Gasteiger partial charge in [0.2, 0.25) is 3.79 Å². The van der Waals surface area contributed by atoms with Crippen LogP contribution in [-0.4, -0.2) is 27.6 Å². The number of carbonyl (C=O) groups is 1. The fourth-order valence-corrected chi connectivity index (χ4v) is 3.55. The van der Waals surface area contributed by atoms with Crippen LogP contribution in [0.3, 0.4) is 0 Å². The summed E-state index contributed by atoms with van der Waals surface area (Å²) in [6.07, 6.45) is -0.162. The molecule has 1 atom stereocenters. The predicted molar refractivity (Wildman–Crippen MR) is 137 cm³/mol. The van der Waals surface area contributed by atoms with E-state index < -0.39 is 15.9 Å². The third-order valence-electron chi connectivity index (χ3n) is 4.65. The van der Waals surface area contributed by atoms with Crippen LogP contribution in [0.2, 0.25) is 0 Å². The van der Waals surface area contributed by atoms with Crippen molar-refractivity contribution in [2.75, 3.05) is 11.9 Å². The number of rotatable bonds is 7. The summed E-state index contributed by atoms with van der Waals surface area (Å²) in [6, 6.07) is 21.1. The van der Waals surface area contributed by atoms with E-state index in [1.54, 1.807) is 12.1 Å². The topological polar surface area (TPSA) is 62.4 Å². The first kappa shape index (κ1) is 24.4. The van der Waals surface area contributed by atoms with Gasteiger partial charge in [0.15, 0.2) is 11.7 Å². The predicted octanol–water partition coefficient (Wildman–Crippen LogP) is 5.58. The molecular weight excluding hydrogens is 489 g/mol. The lowest BCUT2D eigenvalue weighted by atomic mass is 10.1. The van der Waals surface area contributed by atoms with Gasteiger partial charge in [0, 0.05) is 11.1 Å². The van der Waals surface area contributed by atoms with Crippen LogP contribution in [0.5, 0.6) is 5.75 Å². The van der Waals surface area contributed by atoms with Crippen LogP contribution in [-0.2, 0) is 11.2 Å². The van der Waals surface area contributed by atoms with Gasteiger partial charge in [-0.15, -0.1) is 0 Å². The molecule has 3 rings (SSSR count). The third-order valence-corrected chi connectivity index (χ3v) is 5.52. The van der Waals surface area contributed by atoms with Crippen LogP contribution >= 0.6 is 47.0 Å². The Kier molecular flexibility index (Phi) is 8.43. The van der Waals surface area contributed by atoms with Gasteiger partial charge in [0.1, 0.15) is 11.9 Å². The Morgan fingerprint density at radius 3 is 2.38 bits per heavy atom. The van der Waals surface area contributed by atoms with Gasteiger partial charge in [0.25, 0.3) is 5.91 Å². The van der Waals surface area contributed by atoms with Crippen molar-refractivity contribution in [2.45, 2.75) is 23.3 Å². The van der Waals surface area contributed by atoms with Crippen LogP contribution in [0.1, 0.15) is 12.5 Å². The Balaban J connectivity index is 1.60. The molecule has 3 aromatic rings. The number of fused-ring (bicyclic) bond motifs is 1. The average Bonchev–Trinajstić information content (AvgIpc) is 2.77. The van der Waals surface area contributed by atoms with Crippen LogP contribution in [0, 0.1) is 0 Å². The van der Waals surface area contributed by atoms with E-state index in [1.807, 2.05) is 54.6 Å². The zero-order valence-corrected chi connectivity index (χ0v) is 20.3. The number of nitrogens with one attached hydrogen (secondary N) is 3. The van der Waals surface area contributed by atoms with Gasteiger partial charge in [-0.3, -0.25) is 4.79 Å². The van der Waals surface area contributed by atoms with E-state index in [-0.39, 0.29) is 11.7 Å². The standard InChI is InChI=1S/C23H22Cl3N3O2S/c1-2-15-10-12-17(13-11-15)31-14-20(30)28-21(23(24,25)26)29-22(32)27-19-9-5-7-16-6-3-4-8-18(16)19/h3-13,21H,2,14H2,1H3,(H,28,30)(H2,27,29,32). The summed E-state index contributed by atoms with van der Waals surface area (Å²) in [5.41, 5.74) is 1.96. The van der Waals surface area contributed by atoms with E-state index in [2.05, 4.69) is 22.9 Å². The molecule has 0 spiro atoms. The van der Waals surface area contributed by atoms with Crippen molar-refractivity contribution in [1.82, 2.24) is 10.6 Å². The van der Waals surface area contributed by atoms with E-state index in [1.165, 1.54) is 5.56 Å². The minimum atomic E-state index is -1.86. The Morgan fingerprint density at radius 2 is 1.69 bits per heavy atom. The highest BCUT2D eigenvalue weighted by Crippen LogP contribution is 2.29. The monoisotopic (exact) mass is 509 g/mol. The molecule has 3 aromatic carbocycles. The summed E-state index contributed by atoms with van der Waals surface area (Å²) < 4.78 is 3.65. The molecule has 0 aliphatic carbocycles. The maximum absolute atomic E-state index is 12.4. The largest absolute Gasteiger partial charge is 0.484 e. The van der Waals surface area contributed by atoms with Gasteiger partial charge in [-0.05, 0) is 47.8 Å². The minimum Gasteiger partial charge on any atom is -0.484 e. The first-order valence-corrected chi connectivity index (χ1v) is 11.4. The molecule has 32 heavy (non-hydrogen) atoms. The number of anilines is 1. The van der Waals surface area contributed by atoms with Gasteiger partial charge in [0.05, 0.1) is 0 Å². The van der Waals surface area contributed by atoms with Crippen LogP contribution in [0.25, 0.3) is 10.8 Å². The fourth-order valence-electron chi connectivity index (χ4n) is 3.00. The molecule has 3 N–H and O–H groups in total. The minimum absolute atomic E-state index is 0.189. The molecule has 0 heterocycles. The molecule has 0 bridgehead atoms. The number of amides is 1. The molecule has 0 aliphatic rings. The summed E-state index contributed by atoms with van der Waals surface area (Å²) >= 11 is 23.6. The number of ether oxygens (including phenoxy) is 1. The van der Waals surface area contributed by atoms with Crippen LogP contribution < -0.4 is 20.7 Å². The molecule has 0 aliphatic heterocycles. The molecule has 0 saturated carbocycles. The van der Waals surface area contributed by atoms with Gasteiger partial charge in [-0.1, -0.05) is 90.3 Å². The van der Waals surface area contributed by atoms with Crippen molar-refractivity contribution in [3.05, 3.63) is 72.3 Å². The summed E-state index contributed by atoms with van der Waals surface area (Å²) in [5.74, 6) is 0.102. The zero-order valence-electron chi connectivity index (χ0n) is 17.2. The van der Waals surface area contributed by atoms with Crippen molar-refractivity contribution >= 4 is 74.5 Å². The Hall–Kier alpha value is -2.25. The highest BCUT2D eigenvalue weighted by Gasteiger charge is 2.34. The normalized spacial score (nSPS) is 12.1. The Morgan fingerprint density at radius 1 is 1.00 bits per heavy atom. The first-order valence-electron chi connectivity index (χ1n) is 9.89. The van der Waals surface area contributed by atoms with Crippen molar-refractivity contribution in [3.8, 4) is 5.75 Å². The lowest BCUT2D eigenvalue weighted by Crippen LogP contribution is -2.57.